The number of hydrogen-bond acceptors (Lipinski definition) is 2. The highest BCUT2D eigenvalue weighted by atomic mass is 32.2. The molecule has 1 rings (SSSR count). The van der Waals surface area contributed by atoms with E-state index < -0.39 is 0 Å². The Bertz CT molecular complexity index is 342. The molecule has 2 atom stereocenters. The Balaban J connectivity index is 2.56. The first-order valence-electron chi connectivity index (χ1n) is 7.01. The van der Waals surface area contributed by atoms with E-state index in [1.165, 1.54) is 23.1 Å². The summed E-state index contributed by atoms with van der Waals surface area (Å²) >= 11 is 2.02. The van der Waals surface area contributed by atoms with Crippen molar-refractivity contribution in [2.75, 3.05) is 0 Å². The van der Waals surface area contributed by atoms with Gasteiger partial charge in [0.1, 0.15) is 0 Å². The summed E-state index contributed by atoms with van der Waals surface area (Å²) in [6, 6.07) is 7.15. The molecule has 2 heteroatoms. The second-order valence-electron chi connectivity index (χ2n) is 5.21. The van der Waals surface area contributed by atoms with E-state index in [2.05, 4.69) is 45.9 Å². The molecule has 0 heterocycles. The summed E-state index contributed by atoms with van der Waals surface area (Å²) in [5.41, 5.74) is 10.4. The van der Waals surface area contributed by atoms with Crippen LogP contribution in [0, 0.1) is 13.8 Å². The summed E-state index contributed by atoms with van der Waals surface area (Å²) in [5.74, 6) is 1.08. The summed E-state index contributed by atoms with van der Waals surface area (Å²) in [6.07, 6.45) is 3.48. The van der Waals surface area contributed by atoms with E-state index in [0.717, 1.165) is 18.6 Å². The molecule has 1 nitrogen and oxygen atoms in total. The van der Waals surface area contributed by atoms with Crippen molar-refractivity contribution in [3.05, 3.63) is 34.9 Å². The fraction of sp³-hybridized carbons (Fsp3) is 0.625. The highest BCUT2D eigenvalue weighted by molar-refractivity contribution is 7.99. The SMILES string of the molecule is CCCC(N)C(CC)SCc1cc(C)cc(C)c1. The topological polar surface area (TPSA) is 26.0 Å². The lowest BCUT2D eigenvalue weighted by Crippen LogP contribution is -2.31. The van der Waals surface area contributed by atoms with Crippen molar-refractivity contribution in [1.29, 1.82) is 0 Å². The minimum Gasteiger partial charge on any atom is -0.327 e. The Morgan fingerprint density at radius 2 is 1.72 bits per heavy atom. The summed E-state index contributed by atoms with van der Waals surface area (Å²) in [7, 11) is 0. The summed E-state index contributed by atoms with van der Waals surface area (Å²) in [5, 5.41) is 0.589. The largest absolute Gasteiger partial charge is 0.327 e. The molecule has 1 aromatic rings. The van der Waals surface area contributed by atoms with E-state index in [1.807, 2.05) is 11.8 Å². The van der Waals surface area contributed by atoms with Crippen LogP contribution < -0.4 is 5.73 Å². The third-order valence-corrected chi connectivity index (χ3v) is 4.86. The molecular weight excluding hydrogens is 238 g/mol. The van der Waals surface area contributed by atoms with Crippen LogP contribution in [0.15, 0.2) is 18.2 Å². The van der Waals surface area contributed by atoms with Gasteiger partial charge in [-0.1, -0.05) is 49.6 Å². The minimum absolute atomic E-state index is 0.343. The van der Waals surface area contributed by atoms with Gasteiger partial charge in [0.05, 0.1) is 0 Å². The van der Waals surface area contributed by atoms with Gasteiger partial charge >= 0.3 is 0 Å². The standard InChI is InChI=1S/C16H27NS/c1-5-7-15(17)16(6-2)18-11-14-9-12(3)8-13(4)10-14/h8-10,15-16H,5-7,11,17H2,1-4H3. The maximum absolute atomic E-state index is 6.24. The fourth-order valence-electron chi connectivity index (χ4n) is 2.42. The van der Waals surface area contributed by atoms with Crippen molar-refractivity contribution >= 4 is 11.8 Å². The van der Waals surface area contributed by atoms with E-state index in [0.29, 0.717) is 11.3 Å². The predicted octanol–water partition coefficient (Wildman–Crippen LogP) is 4.44. The van der Waals surface area contributed by atoms with Crippen LogP contribution in [0.4, 0.5) is 0 Å². The molecule has 0 aliphatic heterocycles. The zero-order valence-corrected chi connectivity index (χ0v) is 13.0. The van der Waals surface area contributed by atoms with Crippen LogP contribution in [-0.4, -0.2) is 11.3 Å². The van der Waals surface area contributed by atoms with Gasteiger partial charge in [0.2, 0.25) is 0 Å². The normalized spacial score (nSPS) is 14.5. The van der Waals surface area contributed by atoms with Crippen LogP contribution in [0.1, 0.15) is 49.8 Å². The molecule has 0 amide bonds. The number of benzene rings is 1. The number of aryl methyl sites for hydroxylation is 2. The second kappa shape index (κ2) is 7.85. The van der Waals surface area contributed by atoms with Gasteiger partial charge in [-0.15, -0.1) is 0 Å². The monoisotopic (exact) mass is 265 g/mol. The van der Waals surface area contributed by atoms with E-state index >= 15 is 0 Å². The number of nitrogens with two attached hydrogens (primary N) is 1. The van der Waals surface area contributed by atoms with Crippen molar-refractivity contribution in [3.63, 3.8) is 0 Å². The minimum atomic E-state index is 0.343. The summed E-state index contributed by atoms with van der Waals surface area (Å²) in [6.45, 7) is 8.79. The van der Waals surface area contributed by atoms with Gasteiger partial charge in [-0.05, 0) is 32.3 Å². The van der Waals surface area contributed by atoms with Gasteiger partial charge in [-0.2, -0.15) is 11.8 Å². The maximum atomic E-state index is 6.24. The van der Waals surface area contributed by atoms with E-state index in [1.54, 1.807) is 0 Å². The molecule has 0 saturated heterocycles. The lowest BCUT2D eigenvalue weighted by molar-refractivity contribution is 0.566. The van der Waals surface area contributed by atoms with Crippen molar-refractivity contribution in [1.82, 2.24) is 0 Å². The van der Waals surface area contributed by atoms with Crippen molar-refractivity contribution < 1.29 is 0 Å². The van der Waals surface area contributed by atoms with Crippen molar-refractivity contribution in [2.24, 2.45) is 5.73 Å². The van der Waals surface area contributed by atoms with Gasteiger partial charge in [-0.3, -0.25) is 0 Å². The Morgan fingerprint density at radius 1 is 1.11 bits per heavy atom. The van der Waals surface area contributed by atoms with E-state index in [-0.39, 0.29) is 0 Å². The molecule has 18 heavy (non-hydrogen) atoms. The predicted molar refractivity (Wildman–Crippen MR) is 84.2 cm³/mol. The molecule has 102 valence electrons. The molecule has 1 aromatic carbocycles. The first kappa shape index (κ1) is 15.6. The van der Waals surface area contributed by atoms with Crippen LogP contribution in [-0.2, 0) is 5.75 Å². The molecule has 0 aliphatic rings. The van der Waals surface area contributed by atoms with Gasteiger partial charge in [0.25, 0.3) is 0 Å². The molecule has 2 N–H and O–H groups in total. The van der Waals surface area contributed by atoms with Crippen molar-refractivity contribution in [3.8, 4) is 0 Å². The first-order valence-corrected chi connectivity index (χ1v) is 8.06. The van der Waals surface area contributed by atoms with Crippen LogP contribution in [0.3, 0.4) is 0 Å². The Labute approximate surface area is 117 Å². The Morgan fingerprint density at radius 3 is 2.22 bits per heavy atom. The molecule has 0 spiro atoms. The lowest BCUT2D eigenvalue weighted by Gasteiger charge is -2.22. The lowest BCUT2D eigenvalue weighted by atomic mass is 10.1. The highest BCUT2D eigenvalue weighted by Crippen LogP contribution is 2.25. The first-order chi connectivity index (χ1) is 8.56. The van der Waals surface area contributed by atoms with Gasteiger partial charge in [-0.25, -0.2) is 0 Å². The zero-order chi connectivity index (χ0) is 13.5. The average molecular weight is 265 g/mol. The molecule has 0 saturated carbocycles. The highest BCUT2D eigenvalue weighted by Gasteiger charge is 2.15. The fourth-order valence-corrected chi connectivity index (χ4v) is 3.61. The average Bonchev–Trinajstić information content (AvgIpc) is 2.29. The summed E-state index contributed by atoms with van der Waals surface area (Å²) < 4.78 is 0. The molecular formula is C16H27NS. The van der Waals surface area contributed by atoms with Gasteiger partial charge < -0.3 is 5.73 Å². The van der Waals surface area contributed by atoms with Crippen molar-refractivity contribution in [2.45, 2.75) is 64.0 Å². The van der Waals surface area contributed by atoms with Gasteiger partial charge in [0, 0.05) is 17.0 Å². The summed E-state index contributed by atoms with van der Waals surface area (Å²) in [4.78, 5) is 0. The molecule has 2 unspecified atom stereocenters. The smallest absolute Gasteiger partial charge is 0.0199 e. The number of thioether (sulfide) groups is 1. The van der Waals surface area contributed by atoms with Gasteiger partial charge in [0.15, 0.2) is 0 Å². The Hall–Kier alpha value is -0.470. The van der Waals surface area contributed by atoms with E-state index in [4.69, 9.17) is 5.73 Å². The molecule has 0 radical (unpaired) electrons. The number of rotatable bonds is 7. The third-order valence-electron chi connectivity index (χ3n) is 3.25. The molecule has 0 aliphatic carbocycles. The van der Waals surface area contributed by atoms with Crippen LogP contribution in [0.5, 0.6) is 0 Å². The zero-order valence-electron chi connectivity index (χ0n) is 12.2. The van der Waals surface area contributed by atoms with Crippen LogP contribution in [0.25, 0.3) is 0 Å². The third kappa shape index (κ3) is 5.03. The quantitative estimate of drug-likeness (QED) is 0.788. The number of hydrogen-bond donors (Lipinski definition) is 1. The maximum Gasteiger partial charge on any atom is 0.0199 e. The molecule has 0 bridgehead atoms. The second-order valence-corrected chi connectivity index (χ2v) is 6.43. The van der Waals surface area contributed by atoms with Crippen LogP contribution >= 0.6 is 11.8 Å². The molecule has 0 aromatic heterocycles. The Kier molecular flexibility index (Phi) is 6.80. The van der Waals surface area contributed by atoms with E-state index in [9.17, 15) is 0 Å². The molecule has 0 fully saturated rings. The van der Waals surface area contributed by atoms with Crippen LogP contribution in [0.2, 0.25) is 0 Å².